The summed E-state index contributed by atoms with van der Waals surface area (Å²) in [6.07, 6.45) is 1.64. The van der Waals surface area contributed by atoms with Crippen LogP contribution in [0.15, 0.2) is 42.6 Å². The first-order valence-electron chi connectivity index (χ1n) is 6.62. The van der Waals surface area contributed by atoms with Crippen LogP contribution in [0.25, 0.3) is 0 Å². The van der Waals surface area contributed by atoms with Gasteiger partial charge in [0, 0.05) is 25.2 Å². The van der Waals surface area contributed by atoms with Gasteiger partial charge in [0.25, 0.3) is 5.91 Å². The number of hydrogen-bond donors (Lipinski definition) is 2. The summed E-state index contributed by atoms with van der Waals surface area (Å²) in [5, 5.41) is 5.48. The van der Waals surface area contributed by atoms with Crippen molar-refractivity contribution >= 4 is 17.6 Å². The molecule has 0 saturated carbocycles. The Hall–Kier alpha value is -2.69. The standard InChI is InChI=1S/C16H17N3O2/c1-11-4-3-9-17-15(11)19-16(21)14-7-5-13(6-8-14)10-18-12(2)20/h3-9H,10H2,1-2H3,(H,18,20)(H,17,19,21). The third-order valence-corrected chi connectivity index (χ3v) is 3.00. The molecule has 0 aliphatic carbocycles. The number of anilines is 1. The van der Waals surface area contributed by atoms with Crippen molar-refractivity contribution in [2.75, 3.05) is 5.32 Å². The lowest BCUT2D eigenvalue weighted by atomic mass is 10.1. The molecule has 0 unspecified atom stereocenters. The van der Waals surface area contributed by atoms with Crippen LogP contribution in [-0.4, -0.2) is 16.8 Å². The number of pyridine rings is 1. The Kier molecular flexibility index (Phi) is 4.66. The minimum absolute atomic E-state index is 0.0811. The summed E-state index contributed by atoms with van der Waals surface area (Å²) in [6.45, 7) is 3.81. The van der Waals surface area contributed by atoms with Gasteiger partial charge in [-0.05, 0) is 36.2 Å². The lowest BCUT2D eigenvalue weighted by molar-refractivity contribution is -0.119. The minimum Gasteiger partial charge on any atom is -0.352 e. The monoisotopic (exact) mass is 283 g/mol. The zero-order chi connectivity index (χ0) is 15.2. The second-order valence-corrected chi connectivity index (χ2v) is 4.73. The summed E-state index contributed by atoms with van der Waals surface area (Å²) in [7, 11) is 0. The number of nitrogens with zero attached hydrogens (tertiary/aromatic N) is 1. The fourth-order valence-corrected chi connectivity index (χ4v) is 1.80. The molecule has 1 aromatic carbocycles. The van der Waals surface area contributed by atoms with Crippen molar-refractivity contribution in [3.63, 3.8) is 0 Å². The van der Waals surface area contributed by atoms with Crippen LogP contribution < -0.4 is 10.6 Å². The lowest BCUT2D eigenvalue weighted by Gasteiger charge is -2.08. The molecular weight excluding hydrogens is 266 g/mol. The van der Waals surface area contributed by atoms with Crippen LogP contribution in [0, 0.1) is 6.92 Å². The van der Waals surface area contributed by atoms with E-state index in [-0.39, 0.29) is 11.8 Å². The number of benzene rings is 1. The van der Waals surface area contributed by atoms with E-state index in [9.17, 15) is 9.59 Å². The maximum Gasteiger partial charge on any atom is 0.256 e. The predicted octanol–water partition coefficient (Wildman–Crippen LogP) is 2.28. The number of amides is 2. The Labute approximate surface area is 123 Å². The maximum absolute atomic E-state index is 12.1. The molecule has 2 aromatic rings. The van der Waals surface area contributed by atoms with Crippen molar-refractivity contribution in [1.29, 1.82) is 0 Å². The number of carbonyl (C=O) groups excluding carboxylic acids is 2. The Bertz CT molecular complexity index is 651. The lowest BCUT2D eigenvalue weighted by Crippen LogP contribution is -2.19. The number of rotatable bonds is 4. The van der Waals surface area contributed by atoms with E-state index in [2.05, 4.69) is 15.6 Å². The van der Waals surface area contributed by atoms with Crippen molar-refractivity contribution in [3.8, 4) is 0 Å². The molecule has 2 N–H and O–H groups in total. The van der Waals surface area contributed by atoms with E-state index >= 15 is 0 Å². The molecule has 0 atom stereocenters. The molecule has 0 fully saturated rings. The highest BCUT2D eigenvalue weighted by Crippen LogP contribution is 2.12. The van der Waals surface area contributed by atoms with Crippen LogP contribution in [0.1, 0.15) is 28.4 Å². The van der Waals surface area contributed by atoms with Crippen LogP contribution in [0.2, 0.25) is 0 Å². The van der Waals surface area contributed by atoms with Gasteiger partial charge in [0.2, 0.25) is 5.91 Å². The number of nitrogens with one attached hydrogen (secondary N) is 2. The van der Waals surface area contributed by atoms with Gasteiger partial charge < -0.3 is 10.6 Å². The van der Waals surface area contributed by atoms with Gasteiger partial charge in [-0.3, -0.25) is 9.59 Å². The van der Waals surface area contributed by atoms with Gasteiger partial charge in [-0.2, -0.15) is 0 Å². The van der Waals surface area contributed by atoms with Gasteiger partial charge in [-0.15, -0.1) is 0 Å². The zero-order valence-corrected chi connectivity index (χ0v) is 12.0. The second-order valence-electron chi connectivity index (χ2n) is 4.73. The molecule has 5 nitrogen and oxygen atoms in total. The van der Waals surface area contributed by atoms with E-state index in [4.69, 9.17) is 0 Å². The van der Waals surface area contributed by atoms with E-state index in [0.717, 1.165) is 11.1 Å². The van der Waals surface area contributed by atoms with E-state index < -0.39 is 0 Å². The quantitative estimate of drug-likeness (QED) is 0.904. The van der Waals surface area contributed by atoms with Crippen LogP contribution in [-0.2, 0) is 11.3 Å². The number of aryl methyl sites for hydroxylation is 1. The van der Waals surface area contributed by atoms with Crippen LogP contribution >= 0.6 is 0 Å². The minimum atomic E-state index is -0.206. The van der Waals surface area contributed by atoms with Gasteiger partial charge in [0.05, 0.1) is 0 Å². The Morgan fingerprint density at radius 3 is 2.48 bits per heavy atom. The first-order valence-corrected chi connectivity index (χ1v) is 6.62. The highest BCUT2D eigenvalue weighted by atomic mass is 16.2. The predicted molar refractivity (Wildman–Crippen MR) is 80.9 cm³/mol. The normalized spacial score (nSPS) is 10.0. The van der Waals surface area contributed by atoms with Gasteiger partial charge in [-0.25, -0.2) is 4.98 Å². The summed E-state index contributed by atoms with van der Waals surface area (Å²) in [6, 6.07) is 10.8. The van der Waals surface area contributed by atoms with Crippen molar-refractivity contribution < 1.29 is 9.59 Å². The topological polar surface area (TPSA) is 71.1 Å². The summed E-state index contributed by atoms with van der Waals surface area (Å²) in [5.41, 5.74) is 2.40. The largest absolute Gasteiger partial charge is 0.352 e. The third kappa shape index (κ3) is 4.14. The SMILES string of the molecule is CC(=O)NCc1ccc(C(=O)Nc2ncccc2C)cc1. The summed E-state index contributed by atoms with van der Waals surface area (Å²) < 4.78 is 0. The summed E-state index contributed by atoms with van der Waals surface area (Å²) in [5.74, 6) is 0.273. The molecule has 2 amide bonds. The maximum atomic E-state index is 12.1. The molecule has 2 rings (SSSR count). The van der Waals surface area contributed by atoms with Crippen LogP contribution in [0.4, 0.5) is 5.82 Å². The average Bonchev–Trinajstić information content (AvgIpc) is 2.48. The van der Waals surface area contributed by atoms with E-state index in [1.54, 1.807) is 18.3 Å². The molecule has 21 heavy (non-hydrogen) atoms. The fraction of sp³-hybridized carbons (Fsp3) is 0.188. The number of hydrogen-bond acceptors (Lipinski definition) is 3. The van der Waals surface area contributed by atoms with Crippen LogP contribution in [0.3, 0.4) is 0 Å². The third-order valence-electron chi connectivity index (χ3n) is 3.00. The molecule has 1 aromatic heterocycles. The Morgan fingerprint density at radius 1 is 1.14 bits per heavy atom. The summed E-state index contributed by atoms with van der Waals surface area (Å²) >= 11 is 0. The fourth-order valence-electron chi connectivity index (χ4n) is 1.80. The molecule has 0 aliphatic rings. The Morgan fingerprint density at radius 2 is 1.86 bits per heavy atom. The van der Waals surface area contributed by atoms with E-state index in [1.165, 1.54) is 6.92 Å². The first kappa shape index (κ1) is 14.7. The molecule has 0 bridgehead atoms. The molecule has 0 aliphatic heterocycles. The smallest absolute Gasteiger partial charge is 0.256 e. The van der Waals surface area contributed by atoms with Crippen molar-refractivity contribution in [3.05, 3.63) is 59.3 Å². The molecule has 5 heteroatoms. The van der Waals surface area contributed by atoms with Crippen molar-refractivity contribution in [2.45, 2.75) is 20.4 Å². The van der Waals surface area contributed by atoms with Gasteiger partial charge >= 0.3 is 0 Å². The molecule has 108 valence electrons. The second kappa shape index (κ2) is 6.65. The Balaban J connectivity index is 2.03. The highest BCUT2D eigenvalue weighted by molar-refractivity contribution is 6.04. The average molecular weight is 283 g/mol. The zero-order valence-electron chi connectivity index (χ0n) is 12.0. The summed E-state index contributed by atoms with van der Waals surface area (Å²) in [4.78, 5) is 27.1. The highest BCUT2D eigenvalue weighted by Gasteiger charge is 2.08. The van der Waals surface area contributed by atoms with Gasteiger partial charge in [-0.1, -0.05) is 18.2 Å². The molecule has 0 spiro atoms. The van der Waals surface area contributed by atoms with Crippen molar-refractivity contribution in [1.82, 2.24) is 10.3 Å². The molecule has 1 heterocycles. The van der Waals surface area contributed by atoms with Gasteiger partial charge in [0.15, 0.2) is 0 Å². The van der Waals surface area contributed by atoms with E-state index in [1.807, 2.05) is 31.2 Å². The molecule has 0 radical (unpaired) electrons. The molecule has 0 saturated heterocycles. The van der Waals surface area contributed by atoms with Crippen molar-refractivity contribution in [2.24, 2.45) is 0 Å². The van der Waals surface area contributed by atoms with Crippen LogP contribution in [0.5, 0.6) is 0 Å². The molecular formula is C16H17N3O2. The first-order chi connectivity index (χ1) is 10.1. The number of aromatic nitrogens is 1. The van der Waals surface area contributed by atoms with E-state index in [0.29, 0.717) is 17.9 Å². The van der Waals surface area contributed by atoms with Gasteiger partial charge in [0.1, 0.15) is 5.82 Å². The number of carbonyl (C=O) groups is 2.